The van der Waals surface area contributed by atoms with Crippen LogP contribution in [0.2, 0.25) is 0 Å². The number of thiocarbonyl (C=S) groups is 1. The van der Waals surface area contributed by atoms with Crippen molar-refractivity contribution in [3.05, 3.63) is 65.7 Å². The van der Waals surface area contributed by atoms with E-state index in [0.29, 0.717) is 6.54 Å². The van der Waals surface area contributed by atoms with E-state index >= 15 is 0 Å². The Bertz CT molecular complexity index is 522. The average Bonchev–Trinajstić information content (AvgIpc) is 2.46. The maximum absolute atomic E-state index is 11.2. The van der Waals surface area contributed by atoms with Crippen molar-refractivity contribution in [1.82, 2.24) is 0 Å². The van der Waals surface area contributed by atoms with Gasteiger partial charge in [0.15, 0.2) is 0 Å². The number of hydrogen-bond donors (Lipinski definition) is 0. The zero-order chi connectivity index (χ0) is 12.8. The lowest BCUT2D eigenvalue weighted by atomic mass is 10.2. The number of rotatable bonds is 5. The molecule has 0 spiro atoms. The molecule has 0 aliphatic rings. The van der Waals surface area contributed by atoms with Gasteiger partial charge in [0.05, 0.1) is 6.54 Å². The second-order valence-corrected chi connectivity index (χ2v) is 4.16. The minimum Gasteiger partial charge on any atom is -0.311 e. The van der Waals surface area contributed by atoms with Crippen LogP contribution in [0.4, 0.5) is 5.69 Å². The third-order valence-corrected chi connectivity index (χ3v) is 2.96. The molecular weight excluding hydrogens is 242 g/mol. The molecule has 3 heteroatoms. The van der Waals surface area contributed by atoms with Crippen molar-refractivity contribution >= 4 is 29.7 Å². The minimum atomic E-state index is 0.571. The first-order valence-corrected chi connectivity index (χ1v) is 6.12. The second-order valence-electron chi connectivity index (χ2n) is 3.93. The van der Waals surface area contributed by atoms with Gasteiger partial charge in [-0.1, -0.05) is 54.7 Å². The summed E-state index contributed by atoms with van der Waals surface area (Å²) in [7, 11) is 0. The molecule has 18 heavy (non-hydrogen) atoms. The number of amides is 1. The predicted octanol–water partition coefficient (Wildman–Crippen LogP) is 3.20. The molecule has 0 saturated heterocycles. The van der Waals surface area contributed by atoms with Crippen LogP contribution in [0.3, 0.4) is 0 Å². The van der Waals surface area contributed by atoms with Crippen molar-refractivity contribution in [2.75, 3.05) is 4.90 Å². The van der Waals surface area contributed by atoms with Crippen LogP contribution in [0.25, 0.3) is 0 Å². The van der Waals surface area contributed by atoms with Gasteiger partial charge in [-0.05, 0) is 23.3 Å². The summed E-state index contributed by atoms with van der Waals surface area (Å²) < 4.78 is 0. The van der Waals surface area contributed by atoms with Gasteiger partial charge < -0.3 is 4.90 Å². The monoisotopic (exact) mass is 255 g/mol. The molecule has 0 fully saturated rings. The van der Waals surface area contributed by atoms with Crippen LogP contribution in [0, 0.1) is 0 Å². The standard InChI is InChI=1S/C15H13NOS/c17-12-16(10-13-4-2-1-3-5-13)15-8-6-14(11-18)7-9-15/h1-9,11-12H,10H2. The first-order chi connectivity index (χ1) is 8.83. The lowest BCUT2D eigenvalue weighted by Gasteiger charge is -2.17. The van der Waals surface area contributed by atoms with Crippen LogP contribution in [-0.2, 0) is 11.3 Å². The van der Waals surface area contributed by atoms with Crippen LogP contribution in [0.15, 0.2) is 54.6 Å². The molecule has 0 heterocycles. The molecule has 1 amide bonds. The average molecular weight is 255 g/mol. The first-order valence-electron chi connectivity index (χ1n) is 5.64. The minimum absolute atomic E-state index is 0.571. The fourth-order valence-electron chi connectivity index (χ4n) is 1.71. The lowest BCUT2D eigenvalue weighted by molar-refractivity contribution is -0.107. The molecule has 0 saturated carbocycles. The van der Waals surface area contributed by atoms with Gasteiger partial charge in [-0.15, -0.1) is 0 Å². The van der Waals surface area contributed by atoms with Crippen LogP contribution in [-0.4, -0.2) is 11.8 Å². The Morgan fingerprint density at radius 1 is 1.00 bits per heavy atom. The highest BCUT2D eigenvalue weighted by Crippen LogP contribution is 2.16. The van der Waals surface area contributed by atoms with Gasteiger partial charge in [0.25, 0.3) is 0 Å². The van der Waals surface area contributed by atoms with Gasteiger partial charge in [0, 0.05) is 11.1 Å². The van der Waals surface area contributed by atoms with E-state index in [1.54, 1.807) is 10.3 Å². The summed E-state index contributed by atoms with van der Waals surface area (Å²) in [4.78, 5) is 12.8. The molecule has 0 atom stereocenters. The number of benzene rings is 2. The van der Waals surface area contributed by atoms with Gasteiger partial charge in [-0.2, -0.15) is 0 Å². The largest absolute Gasteiger partial charge is 0.311 e. The Hall–Kier alpha value is -2.00. The smallest absolute Gasteiger partial charge is 0.214 e. The Morgan fingerprint density at radius 3 is 2.22 bits per heavy atom. The summed E-state index contributed by atoms with van der Waals surface area (Å²) in [5.41, 5.74) is 2.94. The number of hydrogen-bond acceptors (Lipinski definition) is 2. The summed E-state index contributed by atoms with van der Waals surface area (Å²) >= 11 is 4.85. The van der Waals surface area contributed by atoms with Crippen molar-refractivity contribution in [3.63, 3.8) is 0 Å². The molecule has 90 valence electrons. The molecule has 0 bridgehead atoms. The van der Waals surface area contributed by atoms with E-state index in [0.717, 1.165) is 23.2 Å². The van der Waals surface area contributed by atoms with Crippen molar-refractivity contribution in [1.29, 1.82) is 0 Å². The van der Waals surface area contributed by atoms with E-state index in [1.165, 1.54) is 0 Å². The van der Waals surface area contributed by atoms with E-state index in [9.17, 15) is 4.79 Å². The summed E-state index contributed by atoms with van der Waals surface area (Å²) in [5, 5.41) is 1.62. The molecule has 0 aliphatic heterocycles. The van der Waals surface area contributed by atoms with E-state index in [2.05, 4.69) is 0 Å². The van der Waals surface area contributed by atoms with Crippen LogP contribution in [0.5, 0.6) is 0 Å². The number of carbonyl (C=O) groups excluding carboxylic acids is 1. The molecule has 0 radical (unpaired) electrons. The van der Waals surface area contributed by atoms with Crippen molar-refractivity contribution in [2.45, 2.75) is 6.54 Å². The third-order valence-electron chi connectivity index (χ3n) is 2.68. The third kappa shape index (κ3) is 3.02. The van der Waals surface area contributed by atoms with Crippen molar-refractivity contribution < 1.29 is 4.79 Å². The summed E-state index contributed by atoms with van der Waals surface area (Å²) in [6.45, 7) is 0.571. The highest BCUT2D eigenvalue weighted by atomic mass is 32.1. The Balaban J connectivity index is 2.17. The molecular formula is C15H13NOS. The molecule has 0 aromatic heterocycles. The zero-order valence-corrected chi connectivity index (χ0v) is 10.6. The zero-order valence-electron chi connectivity index (χ0n) is 9.82. The van der Waals surface area contributed by atoms with Crippen LogP contribution < -0.4 is 4.90 Å². The topological polar surface area (TPSA) is 20.3 Å². The summed E-state index contributed by atoms with van der Waals surface area (Å²) in [6, 6.07) is 17.5. The summed E-state index contributed by atoms with van der Waals surface area (Å²) in [6.07, 6.45) is 0.847. The first kappa shape index (κ1) is 12.5. The number of nitrogens with zero attached hydrogens (tertiary/aromatic N) is 1. The van der Waals surface area contributed by atoms with E-state index in [-0.39, 0.29) is 0 Å². The molecule has 0 aliphatic carbocycles. The predicted molar refractivity (Wildman–Crippen MR) is 77.9 cm³/mol. The Labute approximate surface area is 112 Å². The van der Waals surface area contributed by atoms with E-state index in [4.69, 9.17) is 12.2 Å². The van der Waals surface area contributed by atoms with Gasteiger partial charge in [-0.25, -0.2) is 0 Å². The van der Waals surface area contributed by atoms with Crippen LogP contribution in [0.1, 0.15) is 11.1 Å². The SMILES string of the molecule is O=CN(Cc1ccccc1)c1ccc(C=S)cc1. The quantitative estimate of drug-likeness (QED) is 0.604. The Kier molecular flexibility index (Phi) is 4.20. The molecule has 2 nitrogen and oxygen atoms in total. The van der Waals surface area contributed by atoms with Gasteiger partial charge in [0.1, 0.15) is 0 Å². The second kappa shape index (κ2) is 6.07. The molecule has 0 unspecified atom stereocenters. The van der Waals surface area contributed by atoms with Gasteiger partial charge >= 0.3 is 0 Å². The van der Waals surface area contributed by atoms with Crippen LogP contribution >= 0.6 is 12.2 Å². The highest BCUT2D eigenvalue weighted by molar-refractivity contribution is 7.79. The number of anilines is 1. The van der Waals surface area contributed by atoms with Gasteiger partial charge in [-0.3, -0.25) is 4.79 Å². The van der Waals surface area contributed by atoms with Gasteiger partial charge in [0.2, 0.25) is 6.41 Å². The van der Waals surface area contributed by atoms with E-state index in [1.807, 2.05) is 54.6 Å². The fraction of sp³-hybridized carbons (Fsp3) is 0.0667. The summed E-state index contributed by atoms with van der Waals surface area (Å²) in [5.74, 6) is 0. The molecule has 2 aromatic carbocycles. The Morgan fingerprint density at radius 2 is 1.67 bits per heavy atom. The maximum Gasteiger partial charge on any atom is 0.214 e. The van der Waals surface area contributed by atoms with E-state index < -0.39 is 0 Å². The number of carbonyl (C=O) groups is 1. The molecule has 2 aromatic rings. The molecule has 0 N–H and O–H groups in total. The maximum atomic E-state index is 11.2. The normalized spacial score (nSPS) is 9.78. The van der Waals surface area contributed by atoms with Crippen molar-refractivity contribution in [2.24, 2.45) is 0 Å². The van der Waals surface area contributed by atoms with Crippen molar-refractivity contribution in [3.8, 4) is 0 Å². The lowest BCUT2D eigenvalue weighted by Crippen LogP contribution is -2.20. The highest BCUT2D eigenvalue weighted by Gasteiger charge is 2.05. The molecule has 2 rings (SSSR count). The fourth-order valence-corrected chi connectivity index (χ4v) is 1.87.